The van der Waals surface area contributed by atoms with E-state index in [4.69, 9.17) is 34.5 Å². The molecule has 0 fully saturated rings. The fourth-order valence-corrected chi connectivity index (χ4v) is 0.765. The largest absolute Gasteiger partial charge is 0.381 e. The van der Waals surface area contributed by atoms with Crippen LogP contribution in [0.15, 0.2) is 26.0 Å². The molecule has 0 aromatic carbocycles. The summed E-state index contributed by atoms with van der Waals surface area (Å²) in [5, 5.41) is -0.213. The van der Waals surface area contributed by atoms with Gasteiger partial charge in [-0.3, -0.25) is 4.79 Å². The Morgan fingerprint density at radius 1 is 1.25 bits per heavy atom. The highest BCUT2D eigenvalue weighted by atomic mass is 35.5. The first-order chi connectivity index (χ1) is 7.42. The topological polar surface area (TPSA) is 158 Å². The molecule has 16 heavy (non-hydrogen) atoms. The quantitative estimate of drug-likeness (QED) is 0.261. The Morgan fingerprint density at radius 3 is 2.19 bits per heavy atom. The highest BCUT2D eigenvalue weighted by Gasteiger charge is 2.10. The Balaban J connectivity index is 5.16. The molecule has 8 N–H and O–H groups in total. The van der Waals surface area contributed by atoms with Crippen molar-refractivity contribution in [3.8, 4) is 0 Å². The molecule has 0 aliphatic carbocycles. The lowest BCUT2D eigenvalue weighted by atomic mass is 10.3. The number of nitrogens with zero attached hydrogens (tertiary/aromatic N) is 3. The number of carbonyl (C=O) groups excluding carboxylic acids is 1. The summed E-state index contributed by atoms with van der Waals surface area (Å²) in [6.07, 6.45) is 0. The van der Waals surface area contributed by atoms with Crippen LogP contribution in [0.1, 0.15) is 0 Å². The van der Waals surface area contributed by atoms with Gasteiger partial charge < -0.3 is 22.9 Å². The molecule has 0 aromatic heterocycles. The van der Waals surface area contributed by atoms with Gasteiger partial charge in [0.15, 0.2) is 16.9 Å². The van der Waals surface area contributed by atoms with Gasteiger partial charge in [0.05, 0.1) is 0 Å². The van der Waals surface area contributed by atoms with E-state index in [1.807, 2.05) is 0 Å². The van der Waals surface area contributed by atoms with Crippen LogP contribution in [0.25, 0.3) is 0 Å². The Bertz CT molecular complexity index is 380. The lowest BCUT2D eigenvalue weighted by Gasteiger charge is -1.99. The first-order valence-electron chi connectivity index (χ1n) is 3.96. The lowest BCUT2D eigenvalue weighted by molar-refractivity contribution is -0.111. The molecule has 0 saturated carbocycles. The van der Waals surface area contributed by atoms with E-state index in [1.165, 1.54) is 0 Å². The van der Waals surface area contributed by atoms with Gasteiger partial charge in [-0.05, 0) is 6.72 Å². The molecule has 0 aliphatic heterocycles. The highest BCUT2D eigenvalue weighted by molar-refractivity contribution is 6.43. The van der Waals surface area contributed by atoms with Crippen LogP contribution >= 0.6 is 11.6 Å². The molecule has 0 saturated heterocycles. The van der Waals surface area contributed by atoms with Gasteiger partial charge in [-0.15, -0.1) is 0 Å². The third kappa shape index (κ3) is 4.53. The van der Waals surface area contributed by atoms with Crippen molar-refractivity contribution in [1.29, 1.82) is 0 Å². The molecule has 88 valence electrons. The monoisotopic (exact) mass is 245 g/mol. The second kappa shape index (κ2) is 6.53. The van der Waals surface area contributed by atoms with Crippen molar-refractivity contribution in [3.63, 3.8) is 0 Å². The fourth-order valence-electron chi connectivity index (χ4n) is 0.604. The smallest absolute Gasteiger partial charge is 0.295 e. The normalized spacial score (nSPS) is 12.8. The molecule has 0 spiro atoms. The van der Waals surface area contributed by atoms with Gasteiger partial charge in [0.1, 0.15) is 5.71 Å². The first kappa shape index (κ1) is 14.1. The molecule has 0 heterocycles. The van der Waals surface area contributed by atoms with Crippen LogP contribution in [0.5, 0.6) is 0 Å². The van der Waals surface area contributed by atoms with Crippen LogP contribution in [0.3, 0.4) is 0 Å². The van der Waals surface area contributed by atoms with Crippen molar-refractivity contribution < 1.29 is 4.79 Å². The minimum Gasteiger partial charge on any atom is -0.381 e. The molecule has 0 rings (SSSR count). The number of nitrogens with two attached hydrogens (primary N) is 4. The van der Waals surface area contributed by atoms with Crippen molar-refractivity contribution >= 4 is 35.9 Å². The summed E-state index contributed by atoms with van der Waals surface area (Å²) in [6, 6.07) is 0. The van der Waals surface area contributed by atoms with E-state index in [-0.39, 0.29) is 23.2 Å². The summed E-state index contributed by atoms with van der Waals surface area (Å²) in [6.45, 7) is 2.94. The molecule has 0 aliphatic rings. The van der Waals surface area contributed by atoms with Gasteiger partial charge in [0, 0.05) is 6.54 Å². The van der Waals surface area contributed by atoms with Crippen LogP contribution in [0.2, 0.25) is 0 Å². The van der Waals surface area contributed by atoms with E-state index in [0.717, 1.165) is 0 Å². The van der Waals surface area contributed by atoms with Crippen molar-refractivity contribution in [3.05, 3.63) is 11.0 Å². The van der Waals surface area contributed by atoms with Gasteiger partial charge in [-0.2, -0.15) is 4.99 Å². The van der Waals surface area contributed by atoms with Crippen LogP contribution in [-0.2, 0) is 4.79 Å². The molecule has 0 unspecified atom stereocenters. The van der Waals surface area contributed by atoms with E-state index in [0.29, 0.717) is 0 Å². The first-order valence-corrected chi connectivity index (χ1v) is 4.33. The molecular formula is C7H12ClN7O. The maximum Gasteiger partial charge on any atom is 0.295 e. The van der Waals surface area contributed by atoms with Crippen molar-refractivity contribution in [2.24, 2.45) is 37.9 Å². The Labute approximate surface area is 96.7 Å². The maximum atomic E-state index is 11.3. The van der Waals surface area contributed by atoms with E-state index in [9.17, 15) is 4.79 Å². The van der Waals surface area contributed by atoms with Crippen molar-refractivity contribution in [1.82, 2.24) is 0 Å². The number of carbonyl (C=O) groups is 1. The Morgan fingerprint density at radius 2 is 1.81 bits per heavy atom. The number of hydrogen-bond donors (Lipinski definition) is 4. The molecule has 1 amide bonds. The number of rotatable bonds is 4. The number of guanidine groups is 1. The highest BCUT2D eigenvalue weighted by Crippen LogP contribution is 2.08. The summed E-state index contributed by atoms with van der Waals surface area (Å²) in [5.41, 5.74) is 20.4. The molecule has 0 aromatic rings. The number of amides is 1. The minimum absolute atomic E-state index is 0.134. The standard InChI is InChI=1S/C7H12ClN7O/c1-13-5(10)4(8)14-3(2-9)6(16)15-7(11)12/h1-2,9-10H2,(H4,11,12,15,16)/b5-4-,14-3+. The van der Waals surface area contributed by atoms with Gasteiger partial charge in [-0.1, -0.05) is 11.6 Å². The summed E-state index contributed by atoms with van der Waals surface area (Å²) in [7, 11) is 0. The zero-order chi connectivity index (χ0) is 12.7. The third-order valence-corrected chi connectivity index (χ3v) is 1.56. The van der Waals surface area contributed by atoms with E-state index < -0.39 is 11.9 Å². The van der Waals surface area contributed by atoms with Gasteiger partial charge in [-0.25, -0.2) is 9.98 Å². The Kier molecular flexibility index (Phi) is 5.75. The summed E-state index contributed by atoms with van der Waals surface area (Å²) in [4.78, 5) is 21.5. The van der Waals surface area contributed by atoms with Crippen LogP contribution in [0, 0.1) is 0 Å². The second-order valence-electron chi connectivity index (χ2n) is 2.44. The fraction of sp³-hybridized carbons (Fsp3) is 0.143. The van der Waals surface area contributed by atoms with Crippen LogP contribution in [0.4, 0.5) is 0 Å². The predicted octanol–water partition coefficient (Wildman–Crippen LogP) is -1.79. The van der Waals surface area contributed by atoms with Gasteiger partial charge >= 0.3 is 0 Å². The van der Waals surface area contributed by atoms with Crippen molar-refractivity contribution in [2.75, 3.05) is 6.54 Å². The molecule has 0 radical (unpaired) electrons. The zero-order valence-electron chi connectivity index (χ0n) is 8.35. The third-order valence-electron chi connectivity index (χ3n) is 1.29. The molecule has 9 heteroatoms. The summed E-state index contributed by atoms with van der Waals surface area (Å²) in [5.74, 6) is -1.33. The predicted molar refractivity (Wildman–Crippen MR) is 63.9 cm³/mol. The molecular weight excluding hydrogens is 234 g/mol. The molecule has 0 bridgehead atoms. The van der Waals surface area contributed by atoms with Crippen LogP contribution in [-0.4, -0.2) is 30.8 Å². The average Bonchev–Trinajstić information content (AvgIpc) is 2.23. The zero-order valence-corrected chi connectivity index (χ0v) is 9.11. The second-order valence-corrected chi connectivity index (χ2v) is 2.80. The van der Waals surface area contributed by atoms with Crippen LogP contribution < -0.4 is 22.9 Å². The minimum atomic E-state index is -0.794. The van der Waals surface area contributed by atoms with E-state index >= 15 is 0 Å². The van der Waals surface area contributed by atoms with Gasteiger partial charge in [0.2, 0.25) is 0 Å². The molecule has 8 nitrogen and oxygen atoms in total. The average molecular weight is 246 g/mol. The number of halogens is 1. The maximum absolute atomic E-state index is 11.3. The summed E-state index contributed by atoms with van der Waals surface area (Å²) < 4.78 is 0. The van der Waals surface area contributed by atoms with E-state index in [2.05, 4.69) is 21.7 Å². The summed E-state index contributed by atoms with van der Waals surface area (Å²) >= 11 is 5.60. The van der Waals surface area contributed by atoms with Gasteiger partial charge in [0.25, 0.3) is 5.91 Å². The van der Waals surface area contributed by atoms with E-state index in [1.54, 1.807) is 0 Å². The lowest BCUT2D eigenvalue weighted by Crippen LogP contribution is -2.29. The number of aliphatic imine (C=N–C) groups is 3. The Hall–Kier alpha value is -1.93. The SMILES string of the molecule is C=N/C(N)=C(Cl)\N=C(/CN)C(=O)N=C(N)N. The molecule has 0 atom stereocenters. The number of hydrogen-bond acceptors (Lipinski definition) is 5. The van der Waals surface area contributed by atoms with Crippen molar-refractivity contribution in [2.45, 2.75) is 0 Å².